The maximum Gasteiger partial charge on any atom is 0.146 e. The van der Waals surface area contributed by atoms with Crippen molar-refractivity contribution in [1.29, 1.82) is 0 Å². The van der Waals surface area contributed by atoms with Crippen LogP contribution in [-0.4, -0.2) is 7.11 Å². The van der Waals surface area contributed by atoms with E-state index in [0.29, 0.717) is 11.4 Å². The average Bonchev–Trinajstić information content (AvgIpc) is 2.82. The van der Waals surface area contributed by atoms with E-state index in [1.165, 1.54) is 16.5 Å². The molecule has 1 aromatic heterocycles. The number of halogens is 2. The van der Waals surface area contributed by atoms with Crippen molar-refractivity contribution in [2.75, 3.05) is 12.4 Å². The lowest BCUT2D eigenvalue weighted by Crippen LogP contribution is -2.16. The van der Waals surface area contributed by atoms with Gasteiger partial charge in [0.2, 0.25) is 0 Å². The molecule has 1 heterocycles. The summed E-state index contributed by atoms with van der Waals surface area (Å²) in [5.41, 5.74) is 1.79. The Balaban J connectivity index is 1.88. The Morgan fingerprint density at radius 1 is 1.40 bits per heavy atom. The summed E-state index contributed by atoms with van der Waals surface area (Å²) in [5, 5.41) is 3.32. The quantitative estimate of drug-likeness (QED) is 0.821. The van der Waals surface area contributed by atoms with E-state index >= 15 is 0 Å². The van der Waals surface area contributed by atoms with Crippen LogP contribution in [0.1, 0.15) is 29.3 Å². The van der Waals surface area contributed by atoms with Gasteiger partial charge in [-0.15, -0.1) is 11.3 Å². The summed E-state index contributed by atoms with van der Waals surface area (Å²) < 4.78 is 20.2. The second kappa shape index (κ2) is 5.74. The normalized spacial score (nSPS) is 17.6. The van der Waals surface area contributed by atoms with E-state index in [1.807, 2.05) is 0 Å². The zero-order valence-corrected chi connectivity index (χ0v) is 13.5. The van der Waals surface area contributed by atoms with Crippen LogP contribution < -0.4 is 10.1 Å². The average molecular weight is 356 g/mol. The SMILES string of the molecule is COc1ccc(F)c(NC2CCCc3sc(Br)cc32)c1. The number of fused-ring (bicyclic) bond motifs is 1. The molecule has 106 valence electrons. The number of nitrogens with one attached hydrogen (secondary N) is 1. The number of hydrogen-bond acceptors (Lipinski definition) is 3. The lowest BCUT2D eigenvalue weighted by atomic mass is 9.94. The van der Waals surface area contributed by atoms with Crippen LogP contribution in [-0.2, 0) is 6.42 Å². The minimum atomic E-state index is -0.243. The summed E-state index contributed by atoms with van der Waals surface area (Å²) >= 11 is 5.31. The van der Waals surface area contributed by atoms with Gasteiger partial charge < -0.3 is 10.1 Å². The monoisotopic (exact) mass is 355 g/mol. The number of thiophene rings is 1. The molecule has 1 aliphatic rings. The Kier molecular flexibility index (Phi) is 3.98. The first kappa shape index (κ1) is 13.9. The van der Waals surface area contributed by atoms with Crippen LogP contribution in [0, 0.1) is 5.82 Å². The number of benzene rings is 1. The predicted octanol–water partition coefficient (Wildman–Crippen LogP) is 5.15. The summed E-state index contributed by atoms with van der Waals surface area (Å²) in [6.45, 7) is 0. The molecule has 5 heteroatoms. The lowest BCUT2D eigenvalue weighted by molar-refractivity contribution is 0.414. The highest BCUT2D eigenvalue weighted by atomic mass is 79.9. The summed E-state index contributed by atoms with van der Waals surface area (Å²) in [5.74, 6) is 0.420. The Morgan fingerprint density at radius 2 is 2.25 bits per heavy atom. The first-order valence-electron chi connectivity index (χ1n) is 6.55. The molecule has 1 N–H and O–H groups in total. The molecule has 0 saturated carbocycles. The molecular weight excluding hydrogens is 341 g/mol. The van der Waals surface area contributed by atoms with Crippen molar-refractivity contribution in [3.63, 3.8) is 0 Å². The van der Waals surface area contributed by atoms with Crippen molar-refractivity contribution in [2.24, 2.45) is 0 Å². The molecule has 0 amide bonds. The van der Waals surface area contributed by atoms with Gasteiger partial charge in [0.25, 0.3) is 0 Å². The van der Waals surface area contributed by atoms with Gasteiger partial charge in [0.05, 0.1) is 22.6 Å². The number of hydrogen-bond donors (Lipinski definition) is 1. The molecule has 0 fully saturated rings. The van der Waals surface area contributed by atoms with Crippen molar-refractivity contribution in [2.45, 2.75) is 25.3 Å². The molecular formula is C15H15BrFNOS. The van der Waals surface area contributed by atoms with E-state index in [1.54, 1.807) is 30.6 Å². The smallest absolute Gasteiger partial charge is 0.146 e. The highest BCUT2D eigenvalue weighted by Gasteiger charge is 2.23. The minimum Gasteiger partial charge on any atom is -0.497 e. The van der Waals surface area contributed by atoms with Crippen molar-refractivity contribution >= 4 is 33.0 Å². The third-order valence-corrected chi connectivity index (χ3v) is 5.30. The summed E-state index contributed by atoms with van der Waals surface area (Å²) in [6, 6.07) is 7.10. The third kappa shape index (κ3) is 2.69. The number of methoxy groups -OCH3 is 1. The standard InChI is InChI=1S/C15H15BrFNOS/c1-19-9-5-6-11(17)13(7-9)18-12-3-2-4-14-10(12)8-15(16)20-14/h5-8,12,18H,2-4H2,1H3. The Morgan fingerprint density at radius 3 is 3.05 bits per heavy atom. The number of aryl methyl sites for hydroxylation is 1. The maximum atomic E-state index is 13.9. The van der Waals surface area contributed by atoms with E-state index in [4.69, 9.17) is 4.74 Å². The lowest BCUT2D eigenvalue weighted by Gasteiger charge is -2.25. The molecule has 0 bridgehead atoms. The van der Waals surface area contributed by atoms with E-state index in [9.17, 15) is 4.39 Å². The fraction of sp³-hybridized carbons (Fsp3) is 0.333. The predicted molar refractivity (Wildman–Crippen MR) is 84.3 cm³/mol. The van der Waals surface area contributed by atoms with Crippen LogP contribution in [0.2, 0.25) is 0 Å². The van der Waals surface area contributed by atoms with Gasteiger partial charge in [-0.25, -0.2) is 4.39 Å². The van der Waals surface area contributed by atoms with Crippen LogP contribution in [0.5, 0.6) is 5.75 Å². The van der Waals surface area contributed by atoms with Gasteiger partial charge in [0.15, 0.2) is 0 Å². The number of rotatable bonds is 3. The largest absolute Gasteiger partial charge is 0.497 e. The molecule has 3 rings (SSSR count). The molecule has 1 aliphatic carbocycles. The molecule has 0 aliphatic heterocycles. The highest BCUT2D eigenvalue weighted by molar-refractivity contribution is 9.11. The van der Waals surface area contributed by atoms with Crippen LogP contribution in [0.15, 0.2) is 28.1 Å². The van der Waals surface area contributed by atoms with E-state index in [-0.39, 0.29) is 11.9 Å². The molecule has 1 aromatic carbocycles. The molecule has 0 spiro atoms. The van der Waals surface area contributed by atoms with Crippen LogP contribution in [0.3, 0.4) is 0 Å². The third-order valence-electron chi connectivity index (χ3n) is 3.59. The van der Waals surface area contributed by atoms with Crippen LogP contribution in [0.4, 0.5) is 10.1 Å². The Labute approximate surface area is 130 Å². The van der Waals surface area contributed by atoms with Gasteiger partial charge in [0.1, 0.15) is 11.6 Å². The zero-order chi connectivity index (χ0) is 14.1. The summed E-state index contributed by atoms with van der Waals surface area (Å²) in [7, 11) is 1.59. The molecule has 1 unspecified atom stereocenters. The number of anilines is 1. The van der Waals surface area contributed by atoms with E-state index in [0.717, 1.165) is 23.0 Å². The van der Waals surface area contributed by atoms with Gasteiger partial charge in [0, 0.05) is 10.9 Å². The van der Waals surface area contributed by atoms with Crippen molar-refractivity contribution < 1.29 is 9.13 Å². The Hall–Kier alpha value is -1.07. The van der Waals surface area contributed by atoms with E-state index in [2.05, 4.69) is 27.3 Å². The molecule has 2 nitrogen and oxygen atoms in total. The van der Waals surface area contributed by atoms with Gasteiger partial charge in [-0.2, -0.15) is 0 Å². The van der Waals surface area contributed by atoms with Crippen molar-refractivity contribution in [3.05, 3.63) is 44.3 Å². The van der Waals surface area contributed by atoms with E-state index < -0.39 is 0 Å². The molecule has 2 aromatic rings. The number of ether oxygens (including phenoxy) is 1. The van der Waals surface area contributed by atoms with Crippen molar-refractivity contribution in [3.8, 4) is 5.75 Å². The van der Waals surface area contributed by atoms with Crippen LogP contribution >= 0.6 is 27.3 Å². The fourth-order valence-corrected chi connectivity index (χ4v) is 4.42. The molecule has 20 heavy (non-hydrogen) atoms. The summed E-state index contributed by atoms with van der Waals surface area (Å²) in [4.78, 5) is 1.39. The van der Waals surface area contributed by atoms with Gasteiger partial charge in [-0.05, 0) is 59.0 Å². The van der Waals surface area contributed by atoms with Gasteiger partial charge in [-0.3, -0.25) is 0 Å². The first-order chi connectivity index (χ1) is 9.67. The van der Waals surface area contributed by atoms with Gasteiger partial charge in [-0.1, -0.05) is 0 Å². The first-order valence-corrected chi connectivity index (χ1v) is 8.16. The summed E-state index contributed by atoms with van der Waals surface area (Å²) in [6.07, 6.45) is 3.26. The topological polar surface area (TPSA) is 21.3 Å². The second-order valence-electron chi connectivity index (χ2n) is 4.86. The Bertz CT molecular complexity index is 628. The molecule has 0 radical (unpaired) electrons. The highest BCUT2D eigenvalue weighted by Crippen LogP contribution is 2.40. The van der Waals surface area contributed by atoms with Gasteiger partial charge >= 0.3 is 0 Å². The van der Waals surface area contributed by atoms with Crippen molar-refractivity contribution in [1.82, 2.24) is 0 Å². The minimum absolute atomic E-state index is 0.169. The second-order valence-corrected chi connectivity index (χ2v) is 7.38. The zero-order valence-electron chi connectivity index (χ0n) is 11.1. The molecule has 1 atom stereocenters. The molecule has 0 saturated heterocycles. The fourth-order valence-electron chi connectivity index (χ4n) is 2.60. The van der Waals surface area contributed by atoms with Crippen LogP contribution in [0.25, 0.3) is 0 Å². The maximum absolute atomic E-state index is 13.9.